The third-order valence-corrected chi connectivity index (χ3v) is 1.86. The van der Waals surface area contributed by atoms with E-state index in [0.717, 1.165) is 5.69 Å². The molecule has 0 saturated carbocycles. The van der Waals surface area contributed by atoms with Crippen LogP contribution in [-0.2, 0) is 0 Å². The van der Waals surface area contributed by atoms with Crippen molar-refractivity contribution in [2.75, 3.05) is 0 Å². The predicted octanol–water partition coefficient (Wildman–Crippen LogP) is 0.869. The molecule has 13 heavy (non-hydrogen) atoms. The van der Waals surface area contributed by atoms with Crippen LogP contribution in [0.15, 0.2) is 35.4 Å². The van der Waals surface area contributed by atoms with Crippen molar-refractivity contribution in [1.29, 1.82) is 0 Å². The Morgan fingerprint density at radius 3 is 2.54 bits per heavy atom. The Hall–Kier alpha value is -1.84. The van der Waals surface area contributed by atoms with Crippen molar-refractivity contribution in [1.82, 2.24) is 14.8 Å². The molecular weight excluding hydrogens is 166 g/mol. The van der Waals surface area contributed by atoms with E-state index in [1.807, 2.05) is 31.2 Å². The zero-order valence-electron chi connectivity index (χ0n) is 7.19. The number of aromatic amines is 1. The molecule has 0 radical (unpaired) electrons. The molecule has 0 amide bonds. The summed E-state index contributed by atoms with van der Waals surface area (Å²) in [7, 11) is 0. The van der Waals surface area contributed by atoms with Crippen molar-refractivity contribution in [3.05, 3.63) is 46.6 Å². The fourth-order valence-corrected chi connectivity index (χ4v) is 1.14. The summed E-state index contributed by atoms with van der Waals surface area (Å²) in [6.07, 6.45) is 1.47. The average Bonchev–Trinajstić information content (AvgIpc) is 2.53. The molecule has 0 aliphatic rings. The molecule has 0 aliphatic carbocycles. The first-order valence-electron chi connectivity index (χ1n) is 3.96. The van der Waals surface area contributed by atoms with Crippen LogP contribution in [0.5, 0.6) is 0 Å². The molecule has 0 saturated heterocycles. The van der Waals surface area contributed by atoms with Gasteiger partial charge in [-0.05, 0) is 19.1 Å². The number of rotatable bonds is 1. The van der Waals surface area contributed by atoms with E-state index < -0.39 is 0 Å². The zero-order chi connectivity index (χ0) is 9.26. The first-order chi connectivity index (χ1) is 6.27. The van der Waals surface area contributed by atoms with E-state index in [9.17, 15) is 4.79 Å². The third-order valence-electron chi connectivity index (χ3n) is 1.86. The standard InChI is InChI=1S/C9H9N3O/c1-7-2-4-8(5-3-7)12-6-10-11-9(12)13/h2-6H,1H3,(H,11,13). The summed E-state index contributed by atoms with van der Waals surface area (Å²) < 4.78 is 1.46. The summed E-state index contributed by atoms with van der Waals surface area (Å²) in [5.41, 5.74) is 1.77. The molecule has 0 spiro atoms. The Morgan fingerprint density at radius 1 is 1.31 bits per heavy atom. The molecule has 1 aromatic carbocycles. The van der Waals surface area contributed by atoms with Crippen LogP contribution in [0.4, 0.5) is 0 Å². The average molecular weight is 175 g/mol. The fraction of sp³-hybridized carbons (Fsp3) is 0.111. The van der Waals surface area contributed by atoms with Crippen molar-refractivity contribution in [3.63, 3.8) is 0 Å². The Morgan fingerprint density at radius 2 is 2.00 bits per heavy atom. The van der Waals surface area contributed by atoms with Gasteiger partial charge in [-0.15, -0.1) is 0 Å². The van der Waals surface area contributed by atoms with Crippen LogP contribution in [0, 0.1) is 6.92 Å². The van der Waals surface area contributed by atoms with Crippen molar-refractivity contribution in [3.8, 4) is 5.69 Å². The highest BCUT2D eigenvalue weighted by atomic mass is 16.1. The van der Waals surface area contributed by atoms with Gasteiger partial charge in [0.15, 0.2) is 0 Å². The molecule has 1 N–H and O–H groups in total. The Labute approximate surface area is 74.8 Å². The molecule has 4 heteroatoms. The monoisotopic (exact) mass is 175 g/mol. The number of aromatic nitrogens is 3. The van der Waals surface area contributed by atoms with Gasteiger partial charge in [-0.25, -0.2) is 14.5 Å². The van der Waals surface area contributed by atoms with Crippen molar-refractivity contribution >= 4 is 0 Å². The summed E-state index contributed by atoms with van der Waals surface area (Å²) in [6, 6.07) is 7.67. The molecule has 0 unspecified atom stereocenters. The summed E-state index contributed by atoms with van der Waals surface area (Å²) in [5.74, 6) is 0. The summed E-state index contributed by atoms with van der Waals surface area (Å²) >= 11 is 0. The lowest BCUT2D eigenvalue weighted by atomic mass is 10.2. The Bertz CT molecular complexity index is 452. The molecule has 66 valence electrons. The summed E-state index contributed by atoms with van der Waals surface area (Å²) in [6.45, 7) is 2.00. The van der Waals surface area contributed by atoms with E-state index in [2.05, 4.69) is 10.2 Å². The van der Waals surface area contributed by atoms with Gasteiger partial charge in [0.1, 0.15) is 6.33 Å². The molecule has 4 nitrogen and oxygen atoms in total. The fourth-order valence-electron chi connectivity index (χ4n) is 1.14. The normalized spacial score (nSPS) is 10.2. The van der Waals surface area contributed by atoms with Gasteiger partial charge in [0, 0.05) is 0 Å². The number of benzene rings is 1. The summed E-state index contributed by atoms with van der Waals surface area (Å²) in [5, 5.41) is 5.99. The van der Waals surface area contributed by atoms with Gasteiger partial charge in [-0.3, -0.25) is 0 Å². The van der Waals surface area contributed by atoms with Gasteiger partial charge in [0.2, 0.25) is 0 Å². The van der Waals surface area contributed by atoms with E-state index in [0.29, 0.717) is 0 Å². The Kier molecular flexibility index (Phi) is 1.73. The van der Waals surface area contributed by atoms with Crippen LogP contribution in [0.3, 0.4) is 0 Å². The highest BCUT2D eigenvalue weighted by Gasteiger charge is 1.98. The van der Waals surface area contributed by atoms with E-state index >= 15 is 0 Å². The van der Waals surface area contributed by atoms with Crippen LogP contribution in [0.25, 0.3) is 5.69 Å². The van der Waals surface area contributed by atoms with Gasteiger partial charge in [0.05, 0.1) is 5.69 Å². The summed E-state index contributed by atoms with van der Waals surface area (Å²) in [4.78, 5) is 11.1. The van der Waals surface area contributed by atoms with Crippen molar-refractivity contribution < 1.29 is 0 Å². The number of nitrogens with one attached hydrogen (secondary N) is 1. The second-order valence-electron chi connectivity index (χ2n) is 2.87. The molecule has 0 bridgehead atoms. The second-order valence-corrected chi connectivity index (χ2v) is 2.87. The maximum absolute atomic E-state index is 11.1. The molecule has 0 aliphatic heterocycles. The van der Waals surface area contributed by atoms with Gasteiger partial charge in [-0.1, -0.05) is 17.7 Å². The molecule has 2 rings (SSSR count). The number of aryl methyl sites for hydroxylation is 1. The van der Waals surface area contributed by atoms with E-state index in [1.165, 1.54) is 16.5 Å². The largest absolute Gasteiger partial charge is 0.347 e. The van der Waals surface area contributed by atoms with Gasteiger partial charge < -0.3 is 0 Å². The smallest absolute Gasteiger partial charge is 0.250 e. The predicted molar refractivity (Wildman–Crippen MR) is 48.9 cm³/mol. The molecule has 0 atom stereocenters. The third kappa shape index (κ3) is 1.38. The molecule has 0 fully saturated rings. The van der Waals surface area contributed by atoms with Crippen LogP contribution in [0.1, 0.15) is 5.56 Å². The molecular formula is C9H9N3O. The van der Waals surface area contributed by atoms with Gasteiger partial charge >= 0.3 is 5.69 Å². The maximum Gasteiger partial charge on any atom is 0.347 e. The van der Waals surface area contributed by atoms with Crippen LogP contribution in [0.2, 0.25) is 0 Å². The lowest BCUT2D eigenvalue weighted by Gasteiger charge is -1.99. The number of hydrogen-bond donors (Lipinski definition) is 1. The topological polar surface area (TPSA) is 50.7 Å². The minimum absolute atomic E-state index is 0.219. The maximum atomic E-state index is 11.1. The lowest BCUT2D eigenvalue weighted by Crippen LogP contribution is -2.13. The molecule has 1 heterocycles. The highest BCUT2D eigenvalue weighted by molar-refractivity contribution is 5.33. The number of hydrogen-bond acceptors (Lipinski definition) is 2. The minimum atomic E-state index is -0.219. The molecule has 1 aromatic heterocycles. The van der Waals surface area contributed by atoms with Crippen LogP contribution in [-0.4, -0.2) is 14.8 Å². The Balaban J connectivity index is 2.54. The number of nitrogens with zero attached hydrogens (tertiary/aromatic N) is 2. The van der Waals surface area contributed by atoms with Gasteiger partial charge in [-0.2, -0.15) is 5.10 Å². The van der Waals surface area contributed by atoms with E-state index in [4.69, 9.17) is 0 Å². The van der Waals surface area contributed by atoms with Gasteiger partial charge in [0.25, 0.3) is 0 Å². The first kappa shape index (κ1) is 7.79. The molecule has 2 aromatic rings. The van der Waals surface area contributed by atoms with Crippen LogP contribution < -0.4 is 5.69 Å². The second kappa shape index (κ2) is 2.90. The lowest BCUT2D eigenvalue weighted by molar-refractivity contribution is 0.982. The van der Waals surface area contributed by atoms with Crippen molar-refractivity contribution in [2.45, 2.75) is 6.92 Å². The van der Waals surface area contributed by atoms with Crippen molar-refractivity contribution in [2.24, 2.45) is 0 Å². The quantitative estimate of drug-likeness (QED) is 0.699. The number of H-pyrrole nitrogens is 1. The zero-order valence-corrected chi connectivity index (χ0v) is 7.19. The van der Waals surface area contributed by atoms with E-state index in [1.54, 1.807) is 0 Å². The van der Waals surface area contributed by atoms with E-state index in [-0.39, 0.29) is 5.69 Å². The van der Waals surface area contributed by atoms with Crippen LogP contribution >= 0.6 is 0 Å². The minimum Gasteiger partial charge on any atom is -0.250 e. The first-order valence-corrected chi connectivity index (χ1v) is 3.96. The highest BCUT2D eigenvalue weighted by Crippen LogP contribution is 2.05. The SMILES string of the molecule is Cc1ccc(-n2cn[nH]c2=O)cc1.